The van der Waals surface area contributed by atoms with E-state index in [1.165, 1.54) is 0 Å². The highest BCUT2D eigenvalue weighted by Gasteiger charge is 2.13. The molecule has 0 radical (unpaired) electrons. The van der Waals surface area contributed by atoms with E-state index in [0.29, 0.717) is 6.61 Å². The third-order valence-electron chi connectivity index (χ3n) is 2.39. The van der Waals surface area contributed by atoms with E-state index in [1.54, 1.807) is 6.92 Å². The van der Waals surface area contributed by atoms with Crippen LogP contribution in [0.5, 0.6) is 5.75 Å². The van der Waals surface area contributed by atoms with Crippen LogP contribution in [0.25, 0.3) is 0 Å². The second kappa shape index (κ2) is 6.64. The van der Waals surface area contributed by atoms with Crippen LogP contribution in [0.2, 0.25) is 0 Å². The molecule has 0 heterocycles. The Morgan fingerprint density at radius 3 is 2.76 bits per heavy atom. The molecule has 0 bridgehead atoms. The van der Waals surface area contributed by atoms with E-state index in [1.807, 2.05) is 38.1 Å². The molecule has 0 aliphatic rings. The smallest absolute Gasteiger partial charge is 0.233 e. The van der Waals surface area contributed by atoms with Crippen LogP contribution in [-0.2, 0) is 4.79 Å². The highest BCUT2D eigenvalue weighted by molar-refractivity contribution is 9.10. The first-order valence-electron chi connectivity index (χ1n) is 5.71. The number of hydrogen-bond donors (Lipinski definition) is 1. The first-order chi connectivity index (χ1) is 8.04. The number of halogens is 1. The Balaban J connectivity index is 2.71. The Hall–Kier alpha value is -1.03. The van der Waals surface area contributed by atoms with Gasteiger partial charge in [-0.05, 0) is 38.5 Å². The predicted octanol–water partition coefficient (Wildman–Crippen LogP) is 3.05. The lowest BCUT2D eigenvalue weighted by Gasteiger charge is -2.16. The average Bonchev–Trinajstić information content (AvgIpc) is 2.29. The molecular weight excluding hydrogens is 282 g/mol. The van der Waals surface area contributed by atoms with Crippen molar-refractivity contribution in [3.8, 4) is 5.75 Å². The van der Waals surface area contributed by atoms with E-state index >= 15 is 0 Å². The number of alkyl halides is 1. The Morgan fingerprint density at radius 2 is 2.18 bits per heavy atom. The second-order valence-electron chi connectivity index (χ2n) is 3.85. The number of rotatable bonds is 5. The summed E-state index contributed by atoms with van der Waals surface area (Å²) in [5, 5.41) is 2.92. The van der Waals surface area contributed by atoms with Crippen molar-refractivity contribution in [2.24, 2.45) is 0 Å². The lowest BCUT2D eigenvalue weighted by molar-refractivity contribution is -0.120. The van der Waals surface area contributed by atoms with E-state index in [-0.39, 0.29) is 16.8 Å². The molecule has 0 aliphatic heterocycles. The molecule has 0 saturated carbocycles. The molecule has 0 saturated heterocycles. The van der Waals surface area contributed by atoms with Crippen molar-refractivity contribution < 1.29 is 9.53 Å². The molecule has 1 N–H and O–H groups in total. The molecule has 0 aliphatic carbocycles. The maximum Gasteiger partial charge on any atom is 0.233 e. The van der Waals surface area contributed by atoms with Crippen LogP contribution in [0.4, 0.5) is 0 Å². The molecule has 1 amide bonds. The molecule has 17 heavy (non-hydrogen) atoms. The molecule has 1 aromatic rings. The van der Waals surface area contributed by atoms with Gasteiger partial charge in [0.05, 0.1) is 17.5 Å². The van der Waals surface area contributed by atoms with Crippen LogP contribution in [0.1, 0.15) is 32.4 Å². The summed E-state index contributed by atoms with van der Waals surface area (Å²) in [6.45, 7) is 6.35. The lowest BCUT2D eigenvalue weighted by Crippen LogP contribution is -2.31. The number of carbonyl (C=O) groups excluding carboxylic acids is 1. The van der Waals surface area contributed by atoms with Crippen molar-refractivity contribution in [3.63, 3.8) is 0 Å². The number of benzene rings is 1. The topological polar surface area (TPSA) is 38.3 Å². The Labute approximate surface area is 111 Å². The third-order valence-corrected chi connectivity index (χ3v) is 2.80. The molecule has 0 aromatic heterocycles. The maximum absolute atomic E-state index is 11.5. The largest absolute Gasteiger partial charge is 0.494 e. The molecule has 0 spiro atoms. The summed E-state index contributed by atoms with van der Waals surface area (Å²) in [7, 11) is 0. The van der Waals surface area contributed by atoms with E-state index in [2.05, 4.69) is 21.2 Å². The summed E-state index contributed by atoms with van der Waals surface area (Å²) in [6.07, 6.45) is 0. The highest BCUT2D eigenvalue weighted by atomic mass is 79.9. The molecule has 4 heteroatoms. The van der Waals surface area contributed by atoms with Crippen molar-refractivity contribution in [2.45, 2.75) is 31.6 Å². The van der Waals surface area contributed by atoms with Crippen molar-refractivity contribution in [2.75, 3.05) is 6.61 Å². The Bertz CT molecular complexity index is 379. The molecule has 94 valence electrons. The Morgan fingerprint density at radius 1 is 1.47 bits per heavy atom. The van der Waals surface area contributed by atoms with Crippen LogP contribution in [0.15, 0.2) is 24.3 Å². The van der Waals surface area contributed by atoms with Crippen LogP contribution in [-0.4, -0.2) is 17.3 Å². The minimum atomic E-state index is -0.181. The van der Waals surface area contributed by atoms with Crippen molar-refractivity contribution >= 4 is 21.8 Å². The molecular formula is C13H18BrNO2. The molecule has 2 atom stereocenters. The van der Waals surface area contributed by atoms with Crippen molar-refractivity contribution in [1.29, 1.82) is 0 Å². The fourth-order valence-corrected chi connectivity index (χ4v) is 1.58. The summed E-state index contributed by atoms with van der Waals surface area (Å²) in [5.41, 5.74) is 1.04. The lowest BCUT2D eigenvalue weighted by atomic mass is 10.1. The zero-order chi connectivity index (χ0) is 12.8. The van der Waals surface area contributed by atoms with Gasteiger partial charge >= 0.3 is 0 Å². The number of hydrogen-bond acceptors (Lipinski definition) is 2. The first-order valence-corrected chi connectivity index (χ1v) is 6.63. The quantitative estimate of drug-likeness (QED) is 0.849. The van der Waals surface area contributed by atoms with Gasteiger partial charge in [-0.25, -0.2) is 0 Å². The van der Waals surface area contributed by atoms with Gasteiger partial charge < -0.3 is 10.1 Å². The number of carbonyl (C=O) groups is 1. The summed E-state index contributed by atoms with van der Waals surface area (Å²) < 4.78 is 5.43. The van der Waals surface area contributed by atoms with E-state index in [4.69, 9.17) is 4.74 Å². The summed E-state index contributed by atoms with van der Waals surface area (Å²) in [6, 6.07) is 7.75. The van der Waals surface area contributed by atoms with E-state index in [9.17, 15) is 4.79 Å². The predicted molar refractivity (Wildman–Crippen MR) is 72.6 cm³/mol. The normalized spacial score (nSPS) is 13.9. The first kappa shape index (κ1) is 14.0. The van der Waals surface area contributed by atoms with Crippen molar-refractivity contribution in [3.05, 3.63) is 29.8 Å². The molecule has 3 nitrogen and oxygen atoms in total. The third kappa shape index (κ3) is 4.38. The van der Waals surface area contributed by atoms with Gasteiger partial charge in [0.2, 0.25) is 5.91 Å². The van der Waals surface area contributed by atoms with Gasteiger partial charge in [0, 0.05) is 0 Å². The minimum absolute atomic E-state index is 0.0145. The summed E-state index contributed by atoms with van der Waals surface area (Å²) >= 11 is 3.24. The van der Waals surface area contributed by atoms with Gasteiger partial charge in [-0.15, -0.1) is 0 Å². The van der Waals surface area contributed by atoms with Gasteiger partial charge in [-0.3, -0.25) is 4.79 Å². The zero-order valence-corrected chi connectivity index (χ0v) is 12.0. The molecule has 1 aromatic carbocycles. The number of nitrogens with one attached hydrogen (secondary N) is 1. The van der Waals surface area contributed by atoms with Crippen LogP contribution in [0, 0.1) is 0 Å². The molecule has 1 rings (SSSR count). The van der Waals surface area contributed by atoms with E-state index in [0.717, 1.165) is 11.3 Å². The summed E-state index contributed by atoms with van der Waals surface area (Å²) in [5.74, 6) is 0.817. The van der Waals surface area contributed by atoms with Gasteiger partial charge in [-0.2, -0.15) is 0 Å². The average molecular weight is 300 g/mol. The molecule has 0 unspecified atom stereocenters. The van der Waals surface area contributed by atoms with Gasteiger partial charge in [0.1, 0.15) is 5.75 Å². The van der Waals surface area contributed by atoms with Crippen molar-refractivity contribution in [1.82, 2.24) is 5.32 Å². The van der Waals surface area contributed by atoms with Gasteiger partial charge in [-0.1, -0.05) is 28.1 Å². The SMILES string of the molecule is CCOc1cccc([C@H](C)NC(=O)[C@H](C)Br)c1. The van der Waals surface area contributed by atoms with Gasteiger partial charge in [0.25, 0.3) is 0 Å². The van der Waals surface area contributed by atoms with Crippen LogP contribution < -0.4 is 10.1 Å². The fraction of sp³-hybridized carbons (Fsp3) is 0.462. The van der Waals surface area contributed by atoms with Crippen LogP contribution >= 0.6 is 15.9 Å². The van der Waals surface area contributed by atoms with E-state index < -0.39 is 0 Å². The maximum atomic E-state index is 11.5. The fourth-order valence-electron chi connectivity index (χ4n) is 1.45. The summed E-state index contributed by atoms with van der Waals surface area (Å²) in [4.78, 5) is 11.4. The molecule has 0 fully saturated rings. The standard InChI is InChI=1S/C13H18BrNO2/c1-4-17-12-7-5-6-11(8-12)10(3)15-13(16)9(2)14/h5-10H,4H2,1-3H3,(H,15,16)/t9-,10-/m0/s1. The van der Waals surface area contributed by atoms with Crippen LogP contribution in [0.3, 0.4) is 0 Å². The zero-order valence-electron chi connectivity index (χ0n) is 10.4. The minimum Gasteiger partial charge on any atom is -0.494 e. The number of ether oxygens (including phenoxy) is 1. The van der Waals surface area contributed by atoms with Gasteiger partial charge in [0.15, 0.2) is 0 Å². The number of amides is 1. The highest BCUT2D eigenvalue weighted by Crippen LogP contribution is 2.19. The Kier molecular flexibility index (Phi) is 5.48. The monoisotopic (exact) mass is 299 g/mol. The second-order valence-corrected chi connectivity index (χ2v) is 5.23.